The fourth-order valence-electron chi connectivity index (χ4n) is 1.08. The second-order valence-corrected chi connectivity index (χ2v) is 3.31. The highest BCUT2D eigenvalue weighted by atomic mass is 15.4. The molecule has 2 heteroatoms. The monoisotopic (exact) mass is 176 g/mol. The first-order valence-electron chi connectivity index (χ1n) is 4.46. The summed E-state index contributed by atoms with van der Waals surface area (Å²) in [5.74, 6) is 0.378. The molecule has 0 aromatic heterocycles. The Kier molecular flexibility index (Phi) is 3.50. The molecule has 0 aliphatic heterocycles. The van der Waals surface area contributed by atoms with Crippen LogP contribution in [0.5, 0.6) is 0 Å². The van der Waals surface area contributed by atoms with Gasteiger partial charge in [-0.25, -0.2) is 0 Å². The van der Waals surface area contributed by atoms with Crippen LogP contribution in [0.25, 0.3) is 0 Å². The summed E-state index contributed by atoms with van der Waals surface area (Å²) in [6, 6.07) is 10.4. The molecule has 1 aromatic carbocycles. The van der Waals surface area contributed by atoms with Crippen LogP contribution in [-0.4, -0.2) is 25.3 Å². The Morgan fingerprint density at radius 1 is 1.23 bits per heavy atom. The van der Waals surface area contributed by atoms with E-state index in [1.807, 2.05) is 26.4 Å². The lowest BCUT2D eigenvalue weighted by molar-refractivity contribution is 0.438. The van der Waals surface area contributed by atoms with E-state index < -0.39 is 0 Å². The maximum Gasteiger partial charge on any atom is 0.0316 e. The molecule has 0 spiro atoms. The number of hydrazone groups is 1. The minimum Gasteiger partial charge on any atom is -0.303 e. The maximum atomic E-state index is 4.21. The lowest BCUT2D eigenvalue weighted by Gasteiger charge is -2.07. The Bertz CT molecular complexity index is 265. The molecule has 0 saturated carbocycles. The van der Waals surface area contributed by atoms with Crippen LogP contribution in [0.15, 0.2) is 35.4 Å². The second-order valence-electron chi connectivity index (χ2n) is 3.31. The summed E-state index contributed by atoms with van der Waals surface area (Å²) >= 11 is 0. The van der Waals surface area contributed by atoms with Crippen molar-refractivity contribution >= 4 is 6.21 Å². The Labute approximate surface area is 79.9 Å². The minimum absolute atomic E-state index is 0.378. The van der Waals surface area contributed by atoms with Crippen molar-refractivity contribution in [2.45, 2.75) is 12.8 Å². The quantitative estimate of drug-likeness (QED) is 0.510. The molecule has 0 aliphatic carbocycles. The molecule has 0 aliphatic rings. The normalized spacial score (nSPS) is 13.2. The average molecular weight is 176 g/mol. The van der Waals surface area contributed by atoms with Gasteiger partial charge in [0.15, 0.2) is 0 Å². The predicted octanol–water partition coefficient (Wildman–Crippen LogP) is 2.34. The van der Waals surface area contributed by atoms with Crippen molar-refractivity contribution in [1.29, 1.82) is 0 Å². The van der Waals surface area contributed by atoms with E-state index in [9.17, 15) is 0 Å². The first-order valence-corrected chi connectivity index (χ1v) is 4.46. The molecule has 0 radical (unpaired) electrons. The zero-order valence-electron chi connectivity index (χ0n) is 8.44. The molecule has 1 aromatic rings. The molecular formula is C11H16N2. The number of hydrogen-bond donors (Lipinski definition) is 0. The Morgan fingerprint density at radius 3 is 2.38 bits per heavy atom. The third kappa shape index (κ3) is 3.28. The molecule has 1 rings (SSSR count). The van der Waals surface area contributed by atoms with Gasteiger partial charge in [0.25, 0.3) is 0 Å². The van der Waals surface area contributed by atoms with E-state index in [1.54, 1.807) is 5.01 Å². The van der Waals surface area contributed by atoms with Gasteiger partial charge in [0, 0.05) is 26.2 Å². The zero-order valence-corrected chi connectivity index (χ0v) is 8.44. The van der Waals surface area contributed by atoms with Crippen LogP contribution >= 0.6 is 0 Å². The Morgan fingerprint density at radius 2 is 1.85 bits per heavy atom. The smallest absolute Gasteiger partial charge is 0.0316 e. The van der Waals surface area contributed by atoms with Crippen molar-refractivity contribution in [3.63, 3.8) is 0 Å². The maximum absolute atomic E-state index is 4.21. The van der Waals surface area contributed by atoms with Crippen molar-refractivity contribution < 1.29 is 0 Å². The van der Waals surface area contributed by atoms with E-state index in [0.29, 0.717) is 5.92 Å². The van der Waals surface area contributed by atoms with Crippen LogP contribution in [0.2, 0.25) is 0 Å². The molecule has 70 valence electrons. The van der Waals surface area contributed by atoms with E-state index in [1.165, 1.54) is 5.56 Å². The minimum atomic E-state index is 0.378. The van der Waals surface area contributed by atoms with Gasteiger partial charge in [-0.2, -0.15) is 5.10 Å². The number of benzene rings is 1. The molecule has 0 amide bonds. The van der Waals surface area contributed by atoms with Crippen molar-refractivity contribution in [2.75, 3.05) is 14.1 Å². The lowest BCUT2D eigenvalue weighted by atomic mass is 10.0. The summed E-state index contributed by atoms with van der Waals surface area (Å²) in [5, 5.41) is 6.01. The number of hydrogen-bond acceptors (Lipinski definition) is 2. The third-order valence-electron chi connectivity index (χ3n) is 1.85. The molecule has 2 nitrogen and oxygen atoms in total. The molecule has 0 heterocycles. The first kappa shape index (κ1) is 9.78. The second kappa shape index (κ2) is 4.65. The van der Waals surface area contributed by atoms with Gasteiger partial charge in [-0.1, -0.05) is 37.3 Å². The lowest BCUT2D eigenvalue weighted by Crippen LogP contribution is -2.04. The van der Waals surface area contributed by atoms with Crippen molar-refractivity contribution in [3.05, 3.63) is 35.9 Å². The summed E-state index contributed by atoms with van der Waals surface area (Å²) < 4.78 is 0. The molecule has 1 unspecified atom stereocenters. The molecule has 0 fully saturated rings. The fraction of sp³-hybridized carbons (Fsp3) is 0.364. The van der Waals surface area contributed by atoms with Crippen LogP contribution in [0.4, 0.5) is 0 Å². The topological polar surface area (TPSA) is 15.6 Å². The molecular weight excluding hydrogens is 160 g/mol. The standard InChI is InChI=1S/C11H16N2/c1-10(9-12-13(2)3)11-7-5-4-6-8-11/h4-10H,1-3H3/b12-9+. The van der Waals surface area contributed by atoms with Gasteiger partial charge in [-0.3, -0.25) is 0 Å². The summed E-state index contributed by atoms with van der Waals surface area (Å²) in [4.78, 5) is 0. The van der Waals surface area contributed by atoms with Gasteiger partial charge in [0.2, 0.25) is 0 Å². The van der Waals surface area contributed by atoms with Gasteiger partial charge in [-0.15, -0.1) is 0 Å². The zero-order chi connectivity index (χ0) is 9.68. The van der Waals surface area contributed by atoms with Gasteiger partial charge in [0.1, 0.15) is 0 Å². The number of rotatable bonds is 3. The highest BCUT2D eigenvalue weighted by molar-refractivity contribution is 5.66. The first-order chi connectivity index (χ1) is 6.20. The highest BCUT2D eigenvalue weighted by Gasteiger charge is 1.99. The van der Waals surface area contributed by atoms with E-state index >= 15 is 0 Å². The summed E-state index contributed by atoms with van der Waals surface area (Å²) in [5.41, 5.74) is 1.30. The molecule has 1 atom stereocenters. The van der Waals surface area contributed by atoms with Crippen LogP contribution in [-0.2, 0) is 0 Å². The van der Waals surface area contributed by atoms with Gasteiger partial charge in [-0.05, 0) is 5.56 Å². The average Bonchev–Trinajstić information content (AvgIpc) is 2.15. The van der Waals surface area contributed by atoms with E-state index in [0.717, 1.165) is 0 Å². The Hall–Kier alpha value is -1.31. The van der Waals surface area contributed by atoms with Crippen molar-refractivity contribution in [3.8, 4) is 0 Å². The van der Waals surface area contributed by atoms with E-state index in [4.69, 9.17) is 0 Å². The summed E-state index contributed by atoms with van der Waals surface area (Å²) in [6.45, 7) is 2.14. The molecule has 0 N–H and O–H groups in total. The van der Waals surface area contributed by atoms with Crippen LogP contribution < -0.4 is 0 Å². The predicted molar refractivity (Wildman–Crippen MR) is 57.0 cm³/mol. The summed E-state index contributed by atoms with van der Waals surface area (Å²) in [6.07, 6.45) is 1.95. The molecule has 0 bridgehead atoms. The van der Waals surface area contributed by atoms with Gasteiger partial charge in [0.05, 0.1) is 0 Å². The Balaban J connectivity index is 2.64. The highest BCUT2D eigenvalue weighted by Crippen LogP contribution is 2.11. The van der Waals surface area contributed by atoms with E-state index in [2.05, 4.69) is 36.3 Å². The van der Waals surface area contributed by atoms with E-state index in [-0.39, 0.29) is 0 Å². The van der Waals surface area contributed by atoms with Crippen molar-refractivity contribution in [1.82, 2.24) is 5.01 Å². The molecule has 0 saturated heterocycles. The largest absolute Gasteiger partial charge is 0.303 e. The fourth-order valence-corrected chi connectivity index (χ4v) is 1.08. The van der Waals surface area contributed by atoms with Gasteiger partial charge < -0.3 is 5.01 Å². The summed E-state index contributed by atoms with van der Waals surface area (Å²) in [7, 11) is 3.85. The molecule has 13 heavy (non-hydrogen) atoms. The third-order valence-corrected chi connectivity index (χ3v) is 1.85. The van der Waals surface area contributed by atoms with Crippen molar-refractivity contribution in [2.24, 2.45) is 5.10 Å². The van der Waals surface area contributed by atoms with Crippen LogP contribution in [0.3, 0.4) is 0 Å². The van der Waals surface area contributed by atoms with Crippen LogP contribution in [0.1, 0.15) is 18.4 Å². The van der Waals surface area contributed by atoms with Crippen LogP contribution in [0, 0.1) is 0 Å². The SMILES string of the molecule is CC(/C=N/N(C)C)c1ccccc1. The number of nitrogens with zero attached hydrogens (tertiary/aromatic N) is 2. The van der Waals surface area contributed by atoms with Gasteiger partial charge >= 0.3 is 0 Å².